The zero-order valence-electron chi connectivity index (χ0n) is 8.54. The maximum Gasteiger partial charge on any atom is 0.121 e. The third kappa shape index (κ3) is 2.20. The smallest absolute Gasteiger partial charge is 0.121 e. The van der Waals surface area contributed by atoms with Gasteiger partial charge in [-0.1, -0.05) is 0 Å². The van der Waals surface area contributed by atoms with Gasteiger partial charge in [-0.15, -0.1) is 0 Å². The van der Waals surface area contributed by atoms with E-state index in [-0.39, 0.29) is 11.7 Å². The van der Waals surface area contributed by atoms with Crippen LogP contribution >= 0.6 is 0 Å². The summed E-state index contributed by atoms with van der Waals surface area (Å²) in [5.41, 5.74) is -0.315. The Kier molecular flexibility index (Phi) is 4.12. The van der Waals surface area contributed by atoms with E-state index in [0.717, 1.165) is 6.42 Å². The van der Waals surface area contributed by atoms with Crippen molar-refractivity contribution in [3.63, 3.8) is 0 Å². The molecule has 2 atom stereocenters. The molecular weight excluding hydrogens is 172 g/mol. The van der Waals surface area contributed by atoms with Gasteiger partial charge >= 0.3 is 0 Å². The highest BCUT2D eigenvalue weighted by Gasteiger charge is 2.44. The van der Waals surface area contributed by atoms with Crippen LogP contribution in [0.2, 0.25) is 0 Å². The molecule has 0 spiro atoms. The predicted octanol–water partition coefficient (Wildman–Crippen LogP) is 0.453. The molecule has 0 bridgehead atoms. The van der Waals surface area contributed by atoms with Crippen LogP contribution in [-0.2, 0) is 18.9 Å². The maximum atomic E-state index is 5.47. The second-order valence-electron chi connectivity index (χ2n) is 3.25. The van der Waals surface area contributed by atoms with Crippen molar-refractivity contribution in [1.82, 2.24) is 0 Å². The van der Waals surface area contributed by atoms with Crippen molar-refractivity contribution in [2.45, 2.75) is 18.1 Å². The zero-order chi connectivity index (χ0) is 9.73. The molecule has 0 aromatic carbocycles. The van der Waals surface area contributed by atoms with Crippen molar-refractivity contribution in [2.75, 3.05) is 41.2 Å². The summed E-state index contributed by atoms with van der Waals surface area (Å²) in [6, 6.07) is 0. The summed E-state index contributed by atoms with van der Waals surface area (Å²) in [4.78, 5) is 0. The van der Waals surface area contributed by atoms with Gasteiger partial charge in [-0.2, -0.15) is 0 Å². The molecule has 1 heterocycles. The van der Waals surface area contributed by atoms with Crippen molar-refractivity contribution in [2.24, 2.45) is 0 Å². The quantitative estimate of drug-likeness (QED) is 0.631. The fourth-order valence-corrected chi connectivity index (χ4v) is 1.67. The van der Waals surface area contributed by atoms with E-state index in [0.29, 0.717) is 19.8 Å². The second-order valence-corrected chi connectivity index (χ2v) is 3.25. The van der Waals surface area contributed by atoms with Crippen molar-refractivity contribution in [3.8, 4) is 0 Å². The first-order valence-corrected chi connectivity index (χ1v) is 4.43. The van der Waals surface area contributed by atoms with Crippen LogP contribution < -0.4 is 0 Å². The van der Waals surface area contributed by atoms with Crippen molar-refractivity contribution in [1.29, 1.82) is 0 Å². The minimum Gasteiger partial charge on any atom is -0.385 e. The van der Waals surface area contributed by atoms with Crippen LogP contribution in [0.4, 0.5) is 0 Å². The Morgan fingerprint density at radius 2 is 2.15 bits per heavy atom. The Hall–Kier alpha value is -0.160. The fourth-order valence-electron chi connectivity index (χ4n) is 1.67. The molecule has 0 aliphatic carbocycles. The number of rotatable bonds is 5. The predicted molar refractivity (Wildman–Crippen MR) is 47.8 cm³/mol. The van der Waals surface area contributed by atoms with Gasteiger partial charge in [0, 0.05) is 34.4 Å². The molecule has 1 aliphatic heterocycles. The summed E-state index contributed by atoms with van der Waals surface area (Å²) in [6.07, 6.45) is 0.825. The molecular formula is C9H18O4. The highest BCUT2D eigenvalue weighted by Crippen LogP contribution is 2.28. The summed E-state index contributed by atoms with van der Waals surface area (Å²) in [7, 11) is 5.05. The Balaban J connectivity index is 2.55. The molecule has 1 aliphatic rings. The number of hydrogen-bond acceptors (Lipinski definition) is 4. The summed E-state index contributed by atoms with van der Waals surface area (Å²) in [6.45, 7) is 1.86. The molecule has 4 nitrogen and oxygen atoms in total. The maximum absolute atomic E-state index is 5.47. The molecule has 0 aromatic heterocycles. The van der Waals surface area contributed by atoms with E-state index < -0.39 is 0 Å². The Bertz CT molecular complexity index is 151. The molecule has 0 amide bonds. The number of ether oxygens (including phenoxy) is 4. The summed E-state index contributed by atoms with van der Waals surface area (Å²) < 4.78 is 21.2. The van der Waals surface area contributed by atoms with Crippen molar-refractivity contribution < 1.29 is 18.9 Å². The SMILES string of the molecule is COCCC1(OC)COCC1OC. The zero-order valence-corrected chi connectivity index (χ0v) is 8.54. The monoisotopic (exact) mass is 190 g/mol. The third-order valence-electron chi connectivity index (χ3n) is 2.62. The number of hydrogen-bond donors (Lipinski definition) is 0. The van der Waals surface area contributed by atoms with Crippen LogP contribution in [0.15, 0.2) is 0 Å². The van der Waals surface area contributed by atoms with Crippen molar-refractivity contribution in [3.05, 3.63) is 0 Å². The molecule has 78 valence electrons. The van der Waals surface area contributed by atoms with E-state index in [1.165, 1.54) is 0 Å². The molecule has 0 N–H and O–H groups in total. The molecule has 0 saturated carbocycles. The van der Waals surface area contributed by atoms with Gasteiger partial charge in [-0.3, -0.25) is 0 Å². The van der Waals surface area contributed by atoms with E-state index in [2.05, 4.69) is 0 Å². The third-order valence-corrected chi connectivity index (χ3v) is 2.62. The number of methoxy groups -OCH3 is 3. The van der Waals surface area contributed by atoms with E-state index in [1.54, 1.807) is 21.3 Å². The molecule has 13 heavy (non-hydrogen) atoms. The molecule has 4 heteroatoms. The molecule has 1 rings (SSSR count). The van der Waals surface area contributed by atoms with Crippen molar-refractivity contribution >= 4 is 0 Å². The highest BCUT2D eigenvalue weighted by molar-refractivity contribution is 4.93. The molecule has 1 saturated heterocycles. The van der Waals surface area contributed by atoms with E-state index in [4.69, 9.17) is 18.9 Å². The fraction of sp³-hybridized carbons (Fsp3) is 1.00. The molecule has 1 fully saturated rings. The Morgan fingerprint density at radius 3 is 2.69 bits per heavy atom. The van der Waals surface area contributed by atoms with Gasteiger partial charge in [0.2, 0.25) is 0 Å². The topological polar surface area (TPSA) is 36.9 Å². The molecule has 0 radical (unpaired) electrons. The van der Waals surface area contributed by atoms with Gasteiger partial charge in [-0.05, 0) is 0 Å². The largest absolute Gasteiger partial charge is 0.385 e. The van der Waals surface area contributed by atoms with E-state index in [9.17, 15) is 0 Å². The van der Waals surface area contributed by atoms with Crippen LogP contribution in [0, 0.1) is 0 Å². The Morgan fingerprint density at radius 1 is 1.38 bits per heavy atom. The first-order chi connectivity index (χ1) is 6.29. The van der Waals surface area contributed by atoms with Gasteiger partial charge in [0.25, 0.3) is 0 Å². The average molecular weight is 190 g/mol. The minimum absolute atomic E-state index is 0.0210. The van der Waals surface area contributed by atoms with E-state index >= 15 is 0 Å². The summed E-state index contributed by atoms with van der Waals surface area (Å²) >= 11 is 0. The first-order valence-electron chi connectivity index (χ1n) is 4.43. The van der Waals surface area contributed by atoms with Gasteiger partial charge in [-0.25, -0.2) is 0 Å². The highest BCUT2D eigenvalue weighted by atomic mass is 16.6. The van der Waals surface area contributed by atoms with Crippen LogP contribution in [0.3, 0.4) is 0 Å². The van der Waals surface area contributed by atoms with Gasteiger partial charge in [0.1, 0.15) is 11.7 Å². The normalized spacial score (nSPS) is 33.9. The minimum atomic E-state index is -0.315. The second kappa shape index (κ2) is 4.91. The molecule has 0 aromatic rings. The van der Waals surface area contributed by atoms with Crippen LogP contribution in [0.5, 0.6) is 0 Å². The Labute approximate surface area is 79.1 Å². The lowest BCUT2D eigenvalue weighted by Crippen LogP contribution is -2.45. The standard InChI is InChI=1S/C9H18O4/c1-10-5-4-9(12-3)7-13-6-8(9)11-2/h8H,4-7H2,1-3H3. The van der Waals surface area contributed by atoms with Crippen LogP contribution in [0.1, 0.15) is 6.42 Å². The average Bonchev–Trinajstić information content (AvgIpc) is 2.58. The van der Waals surface area contributed by atoms with Crippen LogP contribution in [-0.4, -0.2) is 52.9 Å². The summed E-state index contributed by atoms with van der Waals surface area (Å²) in [5.74, 6) is 0. The molecule has 2 unspecified atom stereocenters. The van der Waals surface area contributed by atoms with Gasteiger partial charge in [0.05, 0.1) is 13.2 Å². The lowest BCUT2D eigenvalue weighted by molar-refractivity contribution is -0.102. The lowest BCUT2D eigenvalue weighted by atomic mass is 9.96. The van der Waals surface area contributed by atoms with E-state index in [1.807, 2.05) is 0 Å². The first kappa shape index (κ1) is 10.9. The van der Waals surface area contributed by atoms with Gasteiger partial charge < -0.3 is 18.9 Å². The lowest BCUT2D eigenvalue weighted by Gasteiger charge is -2.30. The van der Waals surface area contributed by atoms with Gasteiger partial charge in [0.15, 0.2) is 0 Å². The van der Waals surface area contributed by atoms with Crippen LogP contribution in [0.25, 0.3) is 0 Å². The summed E-state index contributed by atoms with van der Waals surface area (Å²) in [5, 5.41) is 0.